The van der Waals surface area contributed by atoms with E-state index < -0.39 is 7.59 Å². The zero-order valence-corrected chi connectivity index (χ0v) is 15.6. The van der Waals surface area contributed by atoms with Gasteiger partial charge in [-0.1, -0.05) is 42.8 Å². The Morgan fingerprint density at radius 1 is 0.880 bits per heavy atom. The number of benzene rings is 2. The number of piperidine rings is 1. The average molecular weight is 355 g/mol. The molecular weight excluding hydrogens is 329 g/mol. The van der Waals surface area contributed by atoms with E-state index in [1.54, 1.807) is 0 Å². The van der Waals surface area contributed by atoms with E-state index in [4.69, 9.17) is 0 Å². The van der Waals surface area contributed by atoms with Crippen molar-refractivity contribution >= 4 is 24.1 Å². The van der Waals surface area contributed by atoms with Crippen LogP contribution in [0.4, 0.5) is 5.69 Å². The van der Waals surface area contributed by atoms with Gasteiger partial charge in [-0.25, -0.2) is 9.34 Å². The van der Waals surface area contributed by atoms with Gasteiger partial charge < -0.3 is 0 Å². The van der Waals surface area contributed by atoms with Crippen molar-refractivity contribution in [1.82, 2.24) is 9.34 Å². The van der Waals surface area contributed by atoms with E-state index in [-0.39, 0.29) is 0 Å². The van der Waals surface area contributed by atoms with Gasteiger partial charge in [0.25, 0.3) is 0 Å². The number of hydrogen-bond acceptors (Lipinski definition) is 1. The first-order chi connectivity index (χ1) is 12.3. The van der Waals surface area contributed by atoms with E-state index in [1.807, 2.05) is 0 Å². The smallest absolute Gasteiger partial charge is 0.297 e. The van der Waals surface area contributed by atoms with Gasteiger partial charge in [0.1, 0.15) is 0 Å². The molecule has 132 valence electrons. The Hall–Kier alpha value is -1.35. The molecule has 0 N–H and O–H groups in total. The normalized spacial score (nSPS) is 30.9. The molecule has 5 heteroatoms. The molecule has 4 nitrogen and oxygen atoms in total. The van der Waals surface area contributed by atoms with E-state index in [0.717, 1.165) is 31.9 Å². The van der Waals surface area contributed by atoms with Gasteiger partial charge >= 0.3 is 7.59 Å². The van der Waals surface area contributed by atoms with E-state index in [2.05, 4.69) is 56.5 Å². The van der Waals surface area contributed by atoms with Gasteiger partial charge in [-0.3, -0.25) is 9.24 Å². The van der Waals surface area contributed by atoms with E-state index >= 15 is 0 Å². The molecular formula is C20H26N3OP. The molecule has 3 fully saturated rings. The standard InChI is InChI=1S/C20H26N3OP/c24-25(21-13-4-1-5-14-21)22-15-7-10-18(22)16-23(25)20-12-6-9-17-8-2-3-11-19(17)20/h2-3,6,8-9,11-12,18H,1,4-5,7,10,13-16H2. The van der Waals surface area contributed by atoms with Gasteiger partial charge in [0.2, 0.25) is 0 Å². The molecule has 0 aliphatic carbocycles. The molecule has 0 radical (unpaired) electrons. The summed E-state index contributed by atoms with van der Waals surface area (Å²) in [5.74, 6) is 0. The van der Waals surface area contributed by atoms with Gasteiger partial charge in [-0.15, -0.1) is 0 Å². The van der Waals surface area contributed by atoms with E-state index in [9.17, 15) is 4.57 Å². The molecule has 3 heterocycles. The molecule has 3 saturated heterocycles. The second-order valence-electron chi connectivity index (χ2n) is 7.57. The van der Waals surface area contributed by atoms with Crippen LogP contribution in [0.1, 0.15) is 32.1 Å². The van der Waals surface area contributed by atoms with Crippen LogP contribution in [0.5, 0.6) is 0 Å². The van der Waals surface area contributed by atoms with Crippen molar-refractivity contribution in [3.05, 3.63) is 42.5 Å². The maximum Gasteiger partial charge on any atom is 0.311 e. The van der Waals surface area contributed by atoms with Crippen molar-refractivity contribution in [1.29, 1.82) is 0 Å². The van der Waals surface area contributed by atoms with Gasteiger partial charge in [-0.2, -0.15) is 0 Å². The molecule has 0 spiro atoms. The lowest BCUT2D eigenvalue weighted by Gasteiger charge is -2.41. The van der Waals surface area contributed by atoms with Crippen LogP contribution in [-0.2, 0) is 4.57 Å². The highest BCUT2D eigenvalue weighted by molar-refractivity contribution is 7.61. The monoisotopic (exact) mass is 355 g/mol. The quantitative estimate of drug-likeness (QED) is 0.729. The van der Waals surface area contributed by atoms with Crippen molar-refractivity contribution in [3.8, 4) is 0 Å². The number of fused-ring (bicyclic) bond motifs is 2. The Balaban J connectivity index is 1.64. The lowest BCUT2D eigenvalue weighted by Crippen LogP contribution is -2.37. The third-order valence-electron chi connectivity index (χ3n) is 6.12. The summed E-state index contributed by atoms with van der Waals surface area (Å²) in [6.45, 7) is 3.84. The van der Waals surface area contributed by atoms with Gasteiger partial charge in [0, 0.05) is 37.6 Å². The zero-order chi connectivity index (χ0) is 16.9. The predicted octanol–water partition coefficient (Wildman–Crippen LogP) is 4.72. The second kappa shape index (κ2) is 6.12. The molecule has 2 aromatic carbocycles. The van der Waals surface area contributed by atoms with Gasteiger partial charge in [0.15, 0.2) is 0 Å². The van der Waals surface area contributed by atoms with Crippen LogP contribution in [0.3, 0.4) is 0 Å². The van der Waals surface area contributed by atoms with Crippen LogP contribution in [0.15, 0.2) is 42.5 Å². The fraction of sp³-hybridized carbons (Fsp3) is 0.500. The maximum atomic E-state index is 14.5. The minimum Gasteiger partial charge on any atom is -0.297 e. The maximum absolute atomic E-state index is 14.5. The van der Waals surface area contributed by atoms with Crippen LogP contribution < -0.4 is 4.67 Å². The first-order valence-corrected chi connectivity index (χ1v) is 11.2. The minimum absolute atomic E-state index is 0.451. The fourth-order valence-corrected chi connectivity index (χ4v) is 8.50. The first kappa shape index (κ1) is 15.9. The minimum atomic E-state index is -2.69. The number of nitrogens with zero attached hydrogens (tertiary/aromatic N) is 3. The van der Waals surface area contributed by atoms with Crippen molar-refractivity contribution in [2.45, 2.75) is 38.1 Å². The molecule has 0 amide bonds. The van der Waals surface area contributed by atoms with Crippen LogP contribution >= 0.6 is 7.59 Å². The largest absolute Gasteiger partial charge is 0.311 e. The lowest BCUT2D eigenvalue weighted by atomic mass is 10.1. The Bertz CT molecular complexity index is 827. The highest BCUT2D eigenvalue weighted by Crippen LogP contribution is 2.65. The first-order valence-electron chi connectivity index (χ1n) is 9.67. The van der Waals surface area contributed by atoms with Crippen LogP contribution in [0, 0.1) is 0 Å². The van der Waals surface area contributed by atoms with Crippen LogP contribution in [0.25, 0.3) is 10.8 Å². The summed E-state index contributed by atoms with van der Waals surface area (Å²) in [6.07, 6.45) is 5.98. The SMILES string of the molecule is O=P1(N2CCCCC2)N(c2cccc3ccccc23)CC2CCCN21. The molecule has 3 aliphatic rings. The topological polar surface area (TPSA) is 26.8 Å². The summed E-state index contributed by atoms with van der Waals surface area (Å²) in [6, 6.07) is 15.4. The Morgan fingerprint density at radius 3 is 2.56 bits per heavy atom. The van der Waals surface area contributed by atoms with Crippen molar-refractivity contribution in [3.63, 3.8) is 0 Å². The fourth-order valence-electron chi connectivity index (χ4n) is 4.92. The zero-order valence-electron chi connectivity index (χ0n) is 14.7. The molecule has 2 unspecified atom stereocenters. The molecule has 25 heavy (non-hydrogen) atoms. The number of anilines is 1. The number of hydrogen-bond donors (Lipinski definition) is 0. The molecule has 0 aromatic heterocycles. The van der Waals surface area contributed by atoms with Crippen LogP contribution in [0.2, 0.25) is 0 Å². The molecule has 2 aromatic rings. The highest BCUT2D eigenvalue weighted by atomic mass is 31.2. The highest BCUT2D eigenvalue weighted by Gasteiger charge is 2.54. The second-order valence-corrected chi connectivity index (χ2v) is 10.2. The lowest BCUT2D eigenvalue weighted by molar-refractivity contribution is 0.309. The third-order valence-corrected chi connectivity index (χ3v) is 9.47. The Kier molecular flexibility index (Phi) is 3.89. The van der Waals surface area contributed by atoms with Crippen molar-refractivity contribution < 1.29 is 4.57 Å². The van der Waals surface area contributed by atoms with Gasteiger partial charge in [-0.05, 0) is 37.1 Å². The molecule has 2 atom stereocenters. The van der Waals surface area contributed by atoms with Crippen LogP contribution in [-0.4, -0.2) is 41.6 Å². The summed E-state index contributed by atoms with van der Waals surface area (Å²) in [4.78, 5) is 0. The Morgan fingerprint density at radius 2 is 1.68 bits per heavy atom. The van der Waals surface area contributed by atoms with Gasteiger partial charge in [0.05, 0.1) is 5.69 Å². The van der Waals surface area contributed by atoms with E-state index in [1.165, 1.54) is 42.9 Å². The summed E-state index contributed by atoms with van der Waals surface area (Å²) in [7, 11) is -2.69. The third kappa shape index (κ3) is 2.38. The predicted molar refractivity (Wildman–Crippen MR) is 104 cm³/mol. The molecule has 5 rings (SSSR count). The summed E-state index contributed by atoms with van der Waals surface area (Å²) in [5, 5.41) is 2.46. The number of rotatable bonds is 2. The molecule has 0 saturated carbocycles. The molecule has 3 aliphatic heterocycles. The van der Waals surface area contributed by atoms with E-state index in [0.29, 0.717) is 6.04 Å². The van der Waals surface area contributed by atoms with Crippen molar-refractivity contribution in [2.24, 2.45) is 0 Å². The molecule has 0 bridgehead atoms. The summed E-state index contributed by atoms with van der Waals surface area (Å²) >= 11 is 0. The summed E-state index contributed by atoms with van der Waals surface area (Å²) < 4.78 is 21.5. The average Bonchev–Trinajstić information content (AvgIpc) is 3.24. The summed E-state index contributed by atoms with van der Waals surface area (Å²) in [5.41, 5.74) is 1.15. The van der Waals surface area contributed by atoms with Crippen molar-refractivity contribution in [2.75, 3.05) is 30.8 Å². The Labute approximate surface area is 149 Å².